The number of carbonyl (C=O) groups excluding carboxylic acids is 1. The summed E-state index contributed by atoms with van der Waals surface area (Å²) < 4.78 is 0. The minimum atomic E-state index is 0.109. The summed E-state index contributed by atoms with van der Waals surface area (Å²) in [5.41, 5.74) is 0. The van der Waals surface area contributed by atoms with Gasteiger partial charge in [-0.05, 0) is 38.8 Å². The maximum Gasteiger partial charge on any atom is 0.237 e. The van der Waals surface area contributed by atoms with Crippen LogP contribution in [0.2, 0.25) is 0 Å². The van der Waals surface area contributed by atoms with E-state index in [0.717, 1.165) is 25.8 Å². The van der Waals surface area contributed by atoms with E-state index < -0.39 is 0 Å². The molecule has 0 spiro atoms. The van der Waals surface area contributed by atoms with Gasteiger partial charge in [0.1, 0.15) is 0 Å². The Labute approximate surface area is 93.2 Å². The van der Waals surface area contributed by atoms with E-state index in [2.05, 4.69) is 31.0 Å². The summed E-state index contributed by atoms with van der Waals surface area (Å²) in [6.07, 6.45) is 3.17. The molecule has 0 saturated carbocycles. The van der Waals surface area contributed by atoms with E-state index in [4.69, 9.17) is 0 Å². The van der Waals surface area contributed by atoms with Crippen LogP contribution in [0, 0.1) is 5.92 Å². The molecule has 1 aliphatic rings. The Hall–Kier alpha value is -0.570. The van der Waals surface area contributed by atoms with Crippen LogP contribution in [0.15, 0.2) is 0 Å². The average molecular weight is 212 g/mol. The first-order valence-corrected chi connectivity index (χ1v) is 6.06. The van der Waals surface area contributed by atoms with E-state index in [1.165, 1.54) is 0 Å². The number of rotatable bonds is 4. The fourth-order valence-corrected chi connectivity index (χ4v) is 2.26. The van der Waals surface area contributed by atoms with Gasteiger partial charge in [-0.2, -0.15) is 0 Å². The first-order chi connectivity index (χ1) is 7.06. The van der Waals surface area contributed by atoms with E-state index in [0.29, 0.717) is 12.0 Å². The van der Waals surface area contributed by atoms with Gasteiger partial charge in [0.25, 0.3) is 0 Å². The molecule has 0 aliphatic carbocycles. The summed E-state index contributed by atoms with van der Waals surface area (Å²) in [7, 11) is 2.04. The molecule has 88 valence electrons. The number of carbonyl (C=O) groups is 1. The highest BCUT2D eigenvalue weighted by Crippen LogP contribution is 2.15. The zero-order valence-corrected chi connectivity index (χ0v) is 10.4. The molecule has 0 unspecified atom stereocenters. The van der Waals surface area contributed by atoms with Crippen molar-refractivity contribution in [1.29, 1.82) is 0 Å². The standard InChI is InChI=1S/C12H24N2O/c1-5-10(9(2)3)13-12(15)11-7-6-8-14(11)4/h9-11H,5-8H2,1-4H3,(H,13,15)/t10-,11+/m1/s1. The molecule has 1 rings (SSSR count). The van der Waals surface area contributed by atoms with Crippen LogP contribution < -0.4 is 5.32 Å². The normalized spacial score (nSPS) is 24.5. The van der Waals surface area contributed by atoms with Crippen molar-refractivity contribution in [1.82, 2.24) is 10.2 Å². The summed E-state index contributed by atoms with van der Waals surface area (Å²) in [6.45, 7) is 7.50. The molecule has 1 amide bonds. The highest BCUT2D eigenvalue weighted by Gasteiger charge is 2.29. The van der Waals surface area contributed by atoms with Crippen LogP contribution >= 0.6 is 0 Å². The largest absolute Gasteiger partial charge is 0.352 e. The second kappa shape index (κ2) is 5.50. The first kappa shape index (κ1) is 12.5. The smallest absolute Gasteiger partial charge is 0.237 e. The van der Waals surface area contributed by atoms with Crippen LogP contribution in [0.1, 0.15) is 40.0 Å². The van der Waals surface area contributed by atoms with Gasteiger partial charge in [0.15, 0.2) is 0 Å². The van der Waals surface area contributed by atoms with Gasteiger partial charge in [0.05, 0.1) is 6.04 Å². The highest BCUT2D eigenvalue weighted by atomic mass is 16.2. The third kappa shape index (κ3) is 3.20. The minimum Gasteiger partial charge on any atom is -0.352 e. The Morgan fingerprint density at radius 2 is 2.20 bits per heavy atom. The molecule has 2 atom stereocenters. The lowest BCUT2D eigenvalue weighted by Gasteiger charge is -2.25. The Bertz CT molecular complexity index is 216. The lowest BCUT2D eigenvalue weighted by atomic mass is 10.0. The highest BCUT2D eigenvalue weighted by molar-refractivity contribution is 5.82. The van der Waals surface area contributed by atoms with Crippen molar-refractivity contribution in [2.45, 2.75) is 52.1 Å². The fraction of sp³-hybridized carbons (Fsp3) is 0.917. The molecule has 1 saturated heterocycles. The molecular weight excluding hydrogens is 188 g/mol. The van der Waals surface area contributed by atoms with E-state index >= 15 is 0 Å². The average Bonchev–Trinajstić information content (AvgIpc) is 2.60. The van der Waals surface area contributed by atoms with Crippen LogP contribution in [0.5, 0.6) is 0 Å². The van der Waals surface area contributed by atoms with Crippen LogP contribution in [-0.4, -0.2) is 36.5 Å². The molecule has 1 fully saturated rings. The van der Waals surface area contributed by atoms with Crippen molar-refractivity contribution >= 4 is 5.91 Å². The molecule has 1 heterocycles. The maximum atomic E-state index is 12.0. The number of amides is 1. The third-order valence-electron chi connectivity index (χ3n) is 3.40. The molecule has 0 radical (unpaired) electrons. The van der Waals surface area contributed by atoms with Gasteiger partial charge in [-0.25, -0.2) is 0 Å². The van der Waals surface area contributed by atoms with Crippen molar-refractivity contribution < 1.29 is 4.79 Å². The quantitative estimate of drug-likeness (QED) is 0.768. The third-order valence-corrected chi connectivity index (χ3v) is 3.40. The first-order valence-electron chi connectivity index (χ1n) is 6.06. The van der Waals surface area contributed by atoms with Gasteiger partial charge in [0, 0.05) is 6.04 Å². The molecule has 3 heteroatoms. The van der Waals surface area contributed by atoms with Gasteiger partial charge in [0.2, 0.25) is 5.91 Å². The van der Waals surface area contributed by atoms with Crippen LogP contribution in [0.4, 0.5) is 0 Å². The van der Waals surface area contributed by atoms with Gasteiger partial charge in [-0.15, -0.1) is 0 Å². The van der Waals surface area contributed by atoms with E-state index in [-0.39, 0.29) is 11.9 Å². The summed E-state index contributed by atoms with van der Waals surface area (Å²) in [6, 6.07) is 0.435. The molecule has 1 N–H and O–H groups in total. The zero-order chi connectivity index (χ0) is 11.4. The Morgan fingerprint density at radius 1 is 1.53 bits per heavy atom. The molecule has 0 aromatic rings. The van der Waals surface area contributed by atoms with Gasteiger partial charge in [-0.1, -0.05) is 20.8 Å². The molecule has 0 bridgehead atoms. The molecule has 0 aromatic carbocycles. The second-order valence-electron chi connectivity index (χ2n) is 4.91. The van der Waals surface area contributed by atoms with E-state index in [9.17, 15) is 4.79 Å². The Balaban J connectivity index is 2.46. The number of hydrogen-bond donors (Lipinski definition) is 1. The lowest BCUT2D eigenvalue weighted by Crippen LogP contribution is -2.47. The number of likely N-dealkylation sites (tertiary alicyclic amines) is 1. The van der Waals surface area contributed by atoms with Crippen LogP contribution in [-0.2, 0) is 4.79 Å². The number of nitrogens with zero attached hydrogens (tertiary/aromatic N) is 1. The van der Waals surface area contributed by atoms with Gasteiger partial charge >= 0.3 is 0 Å². The van der Waals surface area contributed by atoms with Crippen molar-refractivity contribution in [3.63, 3.8) is 0 Å². The lowest BCUT2D eigenvalue weighted by molar-refractivity contribution is -0.126. The van der Waals surface area contributed by atoms with Gasteiger partial charge in [-0.3, -0.25) is 9.69 Å². The van der Waals surface area contributed by atoms with E-state index in [1.807, 2.05) is 7.05 Å². The summed E-state index contributed by atoms with van der Waals surface area (Å²) >= 11 is 0. The van der Waals surface area contributed by atoms with E-state index in [1.54, 1.807) is 0 Å². The van der Waals surface area contributed by atoms with Crippen molar-refractivity contribution in [2.75, 3.05) is 13.6 Å². The zero-order valence-electron chi connectivity index (χ0n) is 10.4. The summed E-state index contributed by atoms with van der Waals surface area (Å²) in [4.78, 5) is 14.1. The van der Waals surface area contributed by atoms with Crippen LogP contribution in [0.25, 0.3) is 0 Å². The molecule has 0 aromatic heterocycles. The van der Waals surface area contributed by atoms with Crippen molar-refractivity contribution in [2.24, 2.45) is 5.92 Å². The topological polar surface area (TPSA) is 32.3 Å². The van der Waals surface area contributed by atoms with Crippen molar-refractivity contribution in [3.8, 4) is 0 Å². The SMILES string of the molecule is CC[C@@H](NC(=O)[C@@H]1CCCN1C)C(C)C. The Kier molecular flexibility index (Phi) is 4.58. The van der Waals surface area contributed by atoms with Crippen molar-refractivity contribution in [3.05, 3.63) is 0 Å². The molecule has 15 heavy (non-hydrogen) atoms. The minimum absolute atomic E-state index is 0.109. The maximum absolute atomic E-state index is 12.0. The summed E-state index contributed by atoms with van der Waals surface area (Å²) in [5, 5.41) is 3.16. The predicted molar refractivity (Wildman–Crippen MR) is 62.7 cm³/mol. The van der Waals surface area contributed by atoms with Crippen LogP contribution in [0.3, 0.4) is 0 Å². The monoisotopic (exact) mass is 212 g/mol. The number of likely N-dealkylation sites (N-methyl/N-ethyl adjacent to an activating group) is 1. The van der Waals surface area contributed by atoms with Gasteiger partial charge < -0.3 is 5.32 Å². The fourth-order valence-electron chi connectivity index (χ4n) is 2.26. The molecular formula is C12H24N2O. The number of nitrogens with one attached hydrogen (secondary N) is 1. The molecule has 1 aliphatic heterocycles. The summed E-state index contributed by atoms with van der Waals surface area (Å²) in [5.74, 6) is 0.737. The predicted octanol–water partition coefficient (Wildman–Crippen LogP) is 1.63. The molecule has 3 nitrogen and oxygen atoms in total. The number of hydrogen-bond acceptors (Lipinski definition) is 2. The second-order valence-corrected chi connectivity index (χ2v) is 4.91. The Morgan fingerprint density at radius 3 is 2.60 bits per heavy atom.